The van der Waals surface area contributed by atoms with Crippen molar-refractivity contribution in [3.8, 4) is 0 Å². The summed E-state index contributed by atoms with van der Waals surface area (Å²) in [5.41, 5.74) is -0.339. The first-order chi connectivity index (χ1) is 10.3. The van der Waals surface area contributed by atoms with Crippen molar-refractivity contribution < 1.29 is 14.8 Å². The average molecular weight is 320 g/mol. The Morgan fingerprint density at radius 3 is 2.77 bits per heavy atom. The highest BCUT2D eigenvalue weighted by atomic mass is 32.1. The number of hydrogen-bond acceptors (Lipinski definition) is 5. The van der Waals surface area contributed by atoms with Crippen LogP contribution in [-0.2, 0) is 5.60 Å². The molecule has 0 fully saturated rings. The van der Waals surface area contributed by atoms with Crippen LogP contribution in [0, 0.1) is 17.0 Å². The molecule has 0 radical (unpaired) electrons. The standard InChI is InChI=1S/C15H16N2O4S/c1-10-4-3-5-12(13(10)17(20)21)14(18)16-9-15(2,19)11-6-7-22-8-11/h3-8,19H,9H2,1-2H3,(H,16,18). The van der Waals surface area contributed by atoms with Gasteiger partial charge in [0.2, 0.25) is 0 Å². The molecule has 6 nitrogen and oxygen atoms in total. The summed E-state index contributed by atoms with van der Waals surface area (Å²) >= 11 is 1.44. The van der Waals surface area contributed by atoms with E-state index in [1.807, 2.05) is 5.38 Å². The lowest BCUT2D eigenvalue weighted by atomic mass is 9.99. The Kier molecular flexibility index (Phi) is 4.58. The molecule has 7 heteroatoms. The highest BCUT2D eigenvalue weighted by Crippen LogP contribution is 2.24. The van der Waals surface area contributed by atoms with Gasteiger partial charge in [0.25, 0.3) is 11.6 Å². The van der Waals surface area contributed by atoms with Crippen LogP contribution in [0.25, 0.3) is 0 Å². The Bertz CT molecular complexity index is 696. The molecule has 0 saturated heterocycles. The number of benzene rings is 1. The molecule has 0 saturated carbocycles. The number of nitrogens with zero attached hydrogens (tertiary/aromatic N) is 1. The fourth-order valence-electron chi connectivity index (χ4n) is 2.11. The number of rotatable bonds is 5. The summed E-state index contributed by atoms with van der Waals surface area (Å²) in [5.74, 6) is -0.578. The van der Waals surface area contributed by atoms with Crippen LogP contribution in [0.4, 0.5) is 5.69 Å². The van der Waals surface area contributed by atoms with Crippen molar-refractivity contribution in [2.24, 2.45) is 0 Å². The van der Waals surface area contributed by atoms with Gasteiger partial charge < -0.3 is 10.4 Å². The van der Waals surface area contributed by atoms with Crippen molar-refractivity contribution in [1.29, 1.82) is 0 Å². The lowest BCUT2D eigenvalue weighted by Gasteiger charge is -2.22. The summed E-state index contributed by atoms with van der Waals surface area (Å²) < 4.78 is 0. The second-order valence-corrected chi connectivity index (χ2v) is 5.98. The van der Waals surface area contributed by atoms with E-state index in [1.165, 1.54) is 17.4 Å². The van der Waals surface area contributed by atoms with Crippen molar-refractivity contribution in [2.75, 3.05) is 6.54 Å². The number of carbonyl (C=O) groups is 1. The molecule has 1 amide bonds. The molecule has 2 aromatic rings. The lowest BCUT2D eigenvalue weighted by molar-refractivity contribution is -0.385. The van der Waals surface area contributed by atoms with Crippen molar-refractivity contribution >= 4 is 22.9 Å². The summed E-state index contributed by atoms with van der Waals surface area (Å²) in [6.45, 7) is 3.13. The maximum atomic E-state index is 12.2. The van der Waals surface area contributed by atoms with Gasteiger partial charge in [-0.1, -0.05) is 12.1 Å². The number of thiophene rings is 1. The largest absolute Gasteiger partial charge is 0.384 e. The molecule has 22 heavy (non-hydrogen) atoms. The minimum Gasteiger partial charge on any atom is -0.384 e. The minimum absolute atomic E-state index is 0.00822. The number of para-hydroxylation sites is 1. The zero-order chi connectivity index (χ0) is 16.3. The number of nitrogens with one attached hydrogen (secondary N) is 1. The predicted molar refractivity (Wildman–Crippen MR) is 84.1 cm³/mol. The number of nitro groups is 1. The van der Waals surface area contributed by atoms with Gasteiger partial charge in [-0.2, -0.15) is 11.3 Å². The van der Waals surface area contributed by atoms with Gasteiger partial charge in [0.05, 0.1) is 11.5 Å². The molecule has 1 heterocycles. The molecule has 2 N–H and O–H groups in total. The van der Waals surface area contributed by atoms with Crippen molar-refractivity contribution in [3.63, 3.8) is 0 Å². The van der Waals surface area contributed by atoms with Crippen molar-refractivity contribution in [2.45, 2.75) is 19.4 Å². The fourth-order valence-corrected chi connectivity index (χ4v) is 2.89. The summed E-state index contributed by atoms with van der Waals surface area (Å²) in [4.78, 5) is 22.8. The maximum absolute atomic E-state index is 12.2. The lowest BCUT2D eigenvalue weighted by Crippen LogP contribution is -2.38. The van der Waals surface area contributed by atoms with Crippen LogP contribution in [-0.4, -0.2) is 22.5 Å². The SMILES string of the molecule is Cc1cccc(C(=O)NCC(C)(O)c2ccsc2)c1[N+](=O)[O-]. The molecule has 1 aromatic heterocycles. The third-order valence-electron chi connectivity index (χ3n) is 3.40. The first-order valence-corrected chi connectivity index (χ1v) is 7.54. The van der Waals surface area contributed by atoms with E-state index >= 15 is 0 Å². The Morgan fingerprint density at radius 1 is 1.45 bits per heavy atom. The van der Waals surface area contributed by atoms with E-state index in [0.29, 0.717) is 11.1 Å². The van der Waals surface area contributed by atoms with Gasteiger partial charge in [0.15, 0.2) is 0 Å². The summed E-state index contributed by atoms with van der Waals surface area (Å²) in [5, 5.41) is 27.7. The molecule has 0 bridgehead atoms. The Balaban J connectivity index is 2.17. The number of carbonyl (C=O) groups excluding carboxylic acids is 1. The number of aliphatic hydroxyl groups is 1. The first-order valence-electron chi connectivity index (χ1n) is 6.60. The number of nitro benzene ring substituents is 1. The quantitative estimate of drug-likeness (QED) is 0.654. The monoisotopic (exact) mass is 320 g/mol. The van der Waals surface area contributed by atoms with Gasteiger partial charge in [-0.15, -0.1) is 0 Å². The summed E-state index contributed by atoms with van der Waals surface area (Å²) in [6, 6.07) is 6.34. The summed E-state index contributed by atoms with van der Waals surface area (Å²) in [7, 11) is 0. The van der Waals surface area contributed by atoms with Crippen LogP contribution in [0.1, 0.15) is 28.4 Å². The Hall–Kier alpha value is -2.25. The number of aryl methyl sites for hydroxylation is 1. The third-order valence-corrected chi connectivity index (χ3v) is 4.08. The van der Waals surface area contributed by atoms with Gasteiger partial charge in [0, 0.05) is 5.56 Å². The summed E-state index contributed by atoms with van der Waals surface area (Å²) in [6.07, 6.45) is 0. The van der Waals surface area contributed by atoms with Gasteiger partial charge in [-0.25, -0.2) is 0 Å². The predicted octanol–water partition coefficient (Wildman–Crippen LogP) is 2.60. The van der Waals surface area contributed by atoms with E-state index in [-0.39, 0.29) is 17.8 Å². The van der Waals surface area contributed by atoms with Crippen LogP contribution in [0.15, 0.2) is 35.0 Å². The molecule has 0 aliphatic heterocycles. The van der Waals surface area contributed by atoms with Gasteiger partial charge in [-0.05, 0) is 42.3 Å². The van der Waals surface area contributed by atoms with Gasteiger partial charge >= 0.3 is 0 Å². The highest BCUT2D eigenvalue weighted by Gasteiger charge is 2.27. The number of amides is 1. The molecule has 0 spiro atoms. The minimum atomic E-state index is -1.23. The molecule has 1 aromatic carbocycles. The molecular formula is C15H16N2O4S. The van der Waals surface area contributed by atoms with E-state index in [9.17, 15) is 20.0 Å². The second kappa shape index (κ2) is 6.25. The zero-order valence-electron chi connectivity index (χ0n) is 12.2. The second-order valence-electron chi connectivity index (χ2n) is 5.20. The van der Waals surface area contributed by atoms with E-state index in [0.717, 1.165) is 0 Å². The average Bonchev–Trinajstić information content (AvgIpc) is 2.99. The smallest absolute Gasteiger partial charge is 0.285 e. The zero-order valence-corrected chi connectivity index (χ0v) is 13.0. The van der Waals surface area contributed by atoms with E-state index in [2.05, 4.69) is 5.32 Å². The van der Waals surface area contributed by atoms with E-state index in [4.69, 9.17) is 0 Å². The van der Waals surface area contributed by atoms with Crippen LogP contribution < -0.4 is 5.32 Å². The Morgan fingerprint density at radius 2 is 2.18 bits per heavy atom. The topological polar surface area (TPSA) is 92.5 Å². The molecule has 1 unspecified atom stereocenters. The van der Waals surface area contributed by atoms with Crippen LogP contribution >= 0.6 is 11.3 Å². The maximum Gasteiger partial charge on any atom is 0.285 e. The third kappa shape index (κ3) is 3.32. The Labute approximate surface area is 131 Å². The van der Waals surface area contributed by atoms with E-state index in [1.54, 1.807) is 37.4 Å². The van der Waals surface area contributed by atoms with Crippen molar-refractivity contribution in [1.82, 2.24) is 5.32 Å². The molecule has 116 valence electrons. The molecule has 0 aliphatic carbocycles. The number of hydrogen-bond donors (Lipinski definition) is 2. The van der Waals surface area contributed by atoms with Gasteiger partial charge in [-0.3, -0.25) is 14.9 Å². The molecule has 2 rings (SSSR count). The first kappa shape index (κ1) is 16.1. The van der Waals surface area contributed by atoms with Crippen molar-refractivity contribution in [3.05, 3.63) is 61.8 Å². The molecule has 1 atom stereocenters. The normalized spacial score (nSPS) is 13.4. The highest BCUT2D eigenvalue weighted by molar-refractivity contribution is 7.08. The fraction of sp³-hybridized carbons (Fsp3) is 0.267. The van der Waals surface area contributed by atoms with Crippen LogP contribution in [0.5, 0.6) is 0 Å². The van der Waals surface area contributed by atoms with Gasteiger partial charge in [0.1, 0.15) is 11.2 Å². The molecular weight excluding hydrogens is 304 g/mol. The molecule has 0 aliphatic rings. The van der Waals surface area contributed by atoms with Crippen LogP contribution in [0.3, 0.4) is 0 Å². The van der Waals surface area contributed by atoms with Crippen LogP contribution in [0.2, 0.25) is 0 Å². The van der Waals surface area contributed by atoms with E-state index < -0.39 is 16.4 Å².